The Labute approximate surface area is 124 Å². The van der Waals surface area contributed by atoms with Gasteiger partial charge in [-0.2, -0.15) is 0 Å². The summed E-state index contributed by atoms with van der Waals surface area (Å²) in [5.74, 6) is -0.824. The molecular formula is C15H13BrF2O2. The summed E-state index contributed by atoms with van der Waals surface area (Å²) in [6.45, 7) is 1.58. The Morgan fingerprint density at radius 1 is 1.20 bits per heavy atom. The minimum absolute atomic E-state index is 0.0394. The number of aliphatic hydroxyl groups excluding tert-OH is 1. The van der Waals surface area contributed by atoms with E-state index in [-0.39, 0.29) is 12.2 Å². The van der Waals surface area contributed by atoms with Crippen molar-refractivity contribution in [3.05, 3.63) is 63.6 Å². The van der Waals surface area contributed by atoms with Gasteiger partial charge in [-0.25, -0.2) is 8.78 Å². The molecular weight excluding hydrogens is 330 g/mol. The van der Waals surface area contributed by atoms with Crippen molar-refractivity contribution in [2.45, 2.75) is 19.6 Å². The van der Waals surface area contributed by atoms with Gasteiger partial charge < -0.3 is 9.84 Å². The van der Waals surface area contributed by atoms with Gasteiger partial charge in [0.2, 0.25) is 0 Å². The second-order valence-electron chi connectivity index (χ2n) is 4.38. The molecule has 5 heteroatoms. The Morgan fingerprint density at radius 2 is 1.95 bits per heavy atom. The second-order valence-corrected chi connectivity index (χ2v) is 5.30. The van der Waals surface area contributed by atoms with Crippen LogP contribution in [0.15, 0.2) is 40.9 Å². The Kier molecular flexibility index (Phi) is 4.73. The first-order valence-electron chi connectivity index (χ1n) is 6.01. The highest BCUT2D eigenvalue weighted by atomic mass is 79.9. The van der Waals surface area contributed by atoms with Crippen LogP contribution in [-0.4, -0.2) is 5.11 Å². The number of halogens is 3. The molecule has 0 radical (unpaired) electrons. The van der Waals surface area contributed by atoms with Crippen LogP contribution in [0.5, 0.6) is 5.75 Å². The fourth-order valence-corrected chi connectivity index (χ4v) is 2.11. The highest BCUT2D eigenvalue weighted by molar-refractivity contribution is 9.10. The van der Waals surface area contributed by atoms with Crippen molar-refractivity contribution in [3.63, 3.8) is 0 Å². The van der Waals surface area contributed by atoms with Crippen molar-refractivity contribution >= 4 is 15.9 Å². The van der Waals surface area contributed by atoms with Gasteiger partial charge in [0.15, 0.2) is 0 Å². The zero-order chi connectivity index (χ0) is 14.7. The van der Waals surface area contributed by atoms with Gasteiger partial charge in [-0.05, 0) is 31.2 Å². The highest BCUT2D eigenvalue weighted by Gasteiger charge is 2.11. The average Bonchev–Trinajstić information content (AvgIpc) is 2.37. The van der Waals surface area contributed by atoms with E-state index < -0.39 is 17.7 Å². The number of hydrogen-bond donors (Lipinski definition) is 1. The van der Waals surface area contributed by atoms with Crippen LogP contribution in [-0.2, 0) is 6.61 Å². The number of ether oxygens (including phenoxy) is 1. The first-order valence-corrected chi connectivity index (χ1v) is 6.81. The molecule has 0 heterocycles. The van der Waals surface area contributed by atoms with Gasteiger partial charge in [-0.3, -0.25) is 0 Å². The van der Waals surface area contributed by atoms with E-state index in [0.29, 0.717) is 11.3 Å². The summed E-state index contributed by atoms with van der Waals surface area (Å²) in [7, 11) is 0. The average molecular weight is 343 g/mol. The molecule has 2 aromatic rings. The normalized spacial score (nSPS) is 12.2. The molecule has 20 heavy (non-hydrogen) atoms. The van der Waals surface area contributed by atoms with Crippen LogP contribution in [0.25, 0.3) is 0 Å². The third-order valence-corrected chi connectivity index (χ3v) is 3.32. The third-order valence-electron chi connectivity index (χ3n) is 2.82. The molecule has 2 aromatic carbocycles. The maximum Gasteiger partial charge on any atom is 0.132 e. The van der Waals surface area contributed by atoms with E-state index in [1.807, 2.05) is 0 Å². The molecule has 0 aliphatic carbocycles. The molecule has 0 unspecified atom stereocenters. The van der Waals surface area contributed by atoms with Crippen molar-refractivity contribution in [2.24, 2.45) is 0 Å². The second kappa shape index (κ2) is 6.33. The Bertz CT molecular complexity index is 615. The molecule has 0 saturated heterocycles. The first-order chi connectivity index (χ1) is 9.47. The molecule has 0 aromatic heterocycles. The van der Waals surface area contributed by atoms with Crippen LogP contribution in [0.2, 0.25) is 0 Å². The fraction of sp³-hybridized carbons (Fsp3) is 0.200. The van der Waals surface area contributed by atoms with E-state index in [2.05, 4.69) is 15.9 Å². The summed E-state index contributed by atoms with van der Waals surface area (Å²) in [5, 5.41) is 9.66. The van der Waals surface area contributed by atoms with Crippen molar-refractivity contribution in [3.8, 4) is 5.75 Å². The van der Waals surface area contributed by atoms with Crippen LogP contribution >= 0.6 is 15.9 Å². The SMILES string of the molecule is C[C@H](O)c1ccc(Br)cc1OCc1ccc(F)cc1F. The monoisotopic (exact) mass is 342 g/mol. The van der Waals surface area contributed by atoms with E-state index >= 15 is 0 Å². The lowest BCUT2D eigenvalue weighted by molar-refractivity contribution is 0.190. The Hall–Kier alpha value is -1.46. The maximum absolute atomic E-state index is 13.5. The smallest absolute Gasteiger partial charge is 0.132 e. The minimum Gasteiger partial charge on any atom is -0.488 e. The van der Waals surface area contributed by atoms with E-state index in [1.165, 1.54) is 12.1 Å². The number of rotatable bonds is 4. The molecule has 0 spiro atoms. The summed E-state index contributed by atoms with van der Waals surface area (Å²) >= 11 is 3.31. The van der Waals surface area contributed by atoms with Crippen molar-refractivity contribution in [1.29, 1.82) is 0 Å². The van der Waals surface area contributed by atoms with Crippen LogP contribution in [0.4, 0.5) is 8.78 Å². The highest BCUT2D eigenvalue weighted by Crippen LogP contribution is 2.29. The van der Waals surface area contributed by atoms with Gasteiger partial charge in [0.25, 0.3) is 0 Å². The summed E-state index contributed by atoms with van der Waals surface area (Å²) < 4.78 is 32.6. The van der Waals surface area contributed by atoms with Crippen LogP contribution < -0.4 is 4.74 Å². The van der Waals surface area contributed by atoms with Gasteiger partial charge in [0.05, 0.1) is 6.10 Å². The van der Waals surface area contributed by atoms with E-state index in [4.69, 9.17) is 4.74 Å². The van der Waals surface area contributed by atoms with Crippen molar-refractivity contribution < 1.29 is 18.6 Å². The lowest BCUT2D eigenvalue weighted by Crippen LogP contribution is -2.03. The fourth-order valence-electron chi connectivity index (χ4n) is 1.77. The van der Waals surface area contributed by atoms with Gasteiger partial charge in [0.1, 0.15) is 24.0 Å². The predicted octanol–water partition coefficient (Wildman–Crippen LogP) is 4.36. The first kappa shape index (κ1) is 14.9. The molecule has 2 rings (SSSR count). The van der Waals surface area contributed by atoms with Crippen LogP contribution in [0.1, 0.15) is 24.2 Å². The van der Waals surface area contributed by atoms with Gasteiger partial charge >= 0.3 is 0 Å². The van der Waals surface area contributed by atoms with Crippen molar-refractivity contribution in [1.82, 2.24) is 0 Å². The molecule has 1 atom stereocenters. The van der Waals surface area contributed by atoms with Crippen molar-refractivity contribution in [2.75, 3.05) is 0 Å². The van der Waals surface area contributed by atoms with Crippen LogP contribution in [0, 0.1) is 11.6 Å². The summed E-state index contributed by atoms with van der Waals surface area (Å²) in [6.07, 6.45) is -0.698. The third kappa shape index (κ3) is 3.55. The van der Waals surface area contributed by atoms with E-state index in [0.717, 1.165) is 10.5 Å². The lowest BCUT2D eigenvalue weighted by atomic mass is 10.1. The van der Waals surface area contributed by atoms with Gasteiger partial charge in [-0.1, -0.05) is 22.0 Å². The molecule has 2 nitrogen and oxygen atoms in total. The Morgan fingerprint density at radius 3 is 2.60 bits per heavy atom. The predicted molar refractivity (Wildman–Crippen MR) is 75.5 cm³/mol. The molecule has 0 aliphatic rings. The molecule has 106 valence electrons. The number of aliphatic hydroxyl groups is 1. The van der Waals surface area contributed by atoms with Gasteiger partial charge in [0, 0.05) is 21.7 Å². The largest absolute Gasteiger partial charge is 0.488 e. The zero-order valence-corrected chi connectivity index (χ0v) is 12.3. The maximum atomic E-state index is 13.5. The lowest BCUT2D eigenvalue weighted by Gasteiger charge is -2.14. The molecule has 0 fully saturated rings. The standard InChI is InChI=1S/C15H13BrF2O2/c1-9(19)13-5-3-11(16)6-15(13)20-8-10-2-4-12(17)7-14(10)18/h2-7,9,19H,8H2,1H3/t9-/m0/s1. The summed E-state index contributed by atoms with van der Waals surface area (Å²) in [4.78, 5) is 0. The summed E-state index contributed by atoms with van der Waals surface area (Å²) in [6, 6.07) is 8.54. The zero-order valence-electron chi connectivity index (χ0n) is 10.7. The Balaban J connectivity index is 2.20. The molecule has 0 amide bonds. The quantitative estimate of drug-likeness (QED) is 0.894. The van der Waals surface area contributed by atoms with Gasteiger partial charge in [-0.15, -0.1) is 0 Å². The molecule has 0 bridgehead atoms. The minimum atomic E-state index is -0.698. The van der Waals surface area contributed by atoms with E-state index in [9.17, 15) is 13.9 Å². The number of hydrogen-bond acceptors (Lipinski definition) is 2. The molecule has 1 N–H and O–H groups in total. The molecule has 0 aliphatic heterocycles. The van der Waals surface area contributed by atoms with E-state index in [1.54, 1.807) is 25.1 Å². The van der Waals surface area contributed by atoms with Crippen LogP contribution in [0.3, 0.4) is 0 Å². The summed E-state index contributed by atoms with van der Waals surface area (Å²) in [5.41, 5.74) is 0.860. The molecule has 0 saturated carbocycles. The number of benzene rings is 2. The topological polar surface area (TPSA) is 29.5 Å².